The molecule has 1 saturated heterocycles. The number of nitrogens with zero attached hydrogens (tertiary/aromatic N) is 1. The minimum absolute atomic E-state index is 0.0383. The Labute approximate surface area is 206 Å². The molecule has 5 aromatic rings. The van der Waals surface area contributed by atoms with Gasteiger partial charge in [0.15, 0.2) is 0 Å². The first-order valence-corrected chi connectivity index (χ1v) is 11.7. The van der Waals surface area contributed by atoms with E-state index in [4.69, 9.17) is 4.74 Å². The van der Waals surface area contributed by atoms with E-state index >= 15 is 0 Å². The maximum atomic E-state index is 13.6. The summed E-state index contributed by atoms with van der Waals surface area (Å²) in [6.45, 7) is 2.35. The summed E-state index contributed by atoms with van der Waals surface area (Å²) in [5, 5.41) is 13.2. The lowest BCUT2D eigenvalue weighted by molar-refractivity contribution is -0.132. The number of carbonyl (C=O) groups excluding carboxylic acids is 2. The summed E-state index contributed by atoms with van der Waals surface area (Å²) < 4.78 is 5.65. The van der Waals surface area contributed by atoms with E-state index in [1.165, 1.54) is 4.90 Å². The van der Waals surface area contributed by atoms with Gasteiger partial charge in [0.05, 0.1) is 18.2 Å². The number of aliphatic hydroxyl groups excluding tert-OH is 1. The van der Waals surface area contributed by atoms with Crippen molar-refractivity contribution in [2.45, 2.75) is 13.0 Å². The van der Waals surface area contributed by atoms with Crippen molar-refractivity contribution in [1.82, 2.24) is 9.97 Å². The van der Waals surface area contributed by atoms with Gasteiger partial charge in [-0.3, -0.25) is 14.5 Å². The third kappa shape index (κ3) is 3.28. The SMILES string of the molecule is CCOc1cccc(N2C(=O)C(=O)/C(=C(/O)c3c[nH]c4ccccc34)C2c2c[nH]c3ccccc23)c1. The summed E-state index contributed by atoms with van der Waals surface area (Å²) in [7, 11) is 0. The first kappa shape index (κ1) is 21.7. The number of benzene rings is 3. The highest BCUT2D eigenvalue weighted by Gasteiger charge is 2.48. The Morgan fingerprint density at radius 2 is 1.61 bits per heavy atom. The summed E-state index contributed by atoms with van der Waals surface area (Å²) in [6, 6.07) is 21.4. The van der Waals surface area contributed by atoms with Crippen LogP contribution in [0.1, 0.15) is 24.1 Å². The summed E-state index contributed by atoms with van der Waals surface area (Å²) in [4.78, 5) is 34.9. The molecule has 7 heteroatoms. The second-order valence-electron chi connectivity index (χ2n) is 8.64. The van der Waals surface area contributed by atoms with Gasteiger partial charge in [0.1, 0.15) is 11.5 Å². The van der Waals surface area contributed by atoms with Crippen LogP contribution in [-0.2, 0) is 9.59 Å². The zero-order chi connectivity index (χ0) is 24.8. The number of fused-ring (bicyclic) bond motifs is 2. The van der Waals surface area contributed by atoms with Gasteiger partial charge in [0, 0.05) is 57.1 Å². The van der Waals surface area contributed by atoms with Gasteiger partial charge < -0.3 is 19.8 Å². The van der Waals surface area contributed by atoms with Gasteiger partial charge in [-0.1, -0.05) is 42.5 Å². The zero-order valence-electron chi connectivity index (χ0n) is 19.5. The topological polar surface area (TPSA) is 98.4 Å². The van der Waals surface area contributed by atoms with Crippen molar-refractivity contribution < 1.29 is 19.4 Å². The predicted octanol–water partition coefficient (Wildman–Crippen LogP) is 5.67. The highest BCUT2D eigenvalue weighted by atomic mass is 16.5. The molecular formula is C29H23N3O4. The number of hydrogen-bond acceptors (Lipinski definition) is 4. The molecule has 1 aliphatic rings. The molecule has 0 spiro atoms. The smallest absolute Gasteiger partial charge is 0.300 e. The first-order valence-electron chi connectivity index (χ1n) is 11.7. The van der Waals surface area contributed by atoms with E-state index in [1.807, 2.05) is 55.5 Å². The van der Waals surface area contributed by atoms with Crippen LogP contribution < -0.4 is 9.64 Å². The van der Waals surface area contributed by atoms with Crippen molar-refractivity contribution in [1.29, 1.82) is 0 Å². The Bertz CT molecular complexity index is 1680. The molecule has 6 rings (SSSR count). The molecule has 3 heterocycles. The second-order valence-corrected chi connectivity index (χ2v) is 8.64. The molecule has 1 unspecified atom stereocenters. The van der Waals surface area contributed by atoms with Gasteiger partial charge in [0.25, 0.3) is 11.7 Å². The number of anilines is 1. The Hall–Kier alpha value is -4.78. The fourth-order valence-corrected chi connectivity index (χ4v) is 5.02. The van der Waals surface area contributed by atoms with Crippen molar-refractivity contribution in [2.24, 2.45) is 0 Å². The fraction of sp³-hybridized carbons (Fsp3) is 0.103. The van der Waals surface area contributed by atoms with Gasteiger partial charge in [-0.25, -0.2) is 0 Å². The zero-order valence-corrected chi connectivity index (χ0v) is 19.5. The van der Waals surface area contributed by atoms with Crippen molar-refractivity contribution in [3.8, 4) is 5.75 Å². The van der Waals surface area contributed by atoms with Gasteiger partial charge in [-0.2, -0.15) is 0 Å². The highest BCUT2D eigenvalue weighted by Crippen LogP contribution is 2.45. The molecule has 1 atom stereocenters. The van der Waals surface area contributed by atoms with Crippen LogP contribution in [0.3, 0.4) is 0 Å². The lowest BCUT2D eigenvalue weighted by Gasteiger charge is -2.25. The molecule has 1 amide bonds. The summed E-state index contributed by atoms with van der Waals surface area (Å²) >= 11 is 0. The number of aromatic amines is 2. The van der Waals surface area contributed by atoms with Crippen LogP contribution in [0.4, 0.5) is 5.69 Å². The van der Waals surface area contributed by atoms with Gasteiger partial charge in [0.2, 0.25) is 0 Å². The Morgan fingerprint density at radius 3 is 2.39 bits per heavy atom. The van der Waals surface area contributed by atoms with E-state index in [0.717, 1.165) is 21.8 Å². The van der Waals surface area contributed by atoms with Crippen molar-refractivity contribution in [2.75, 3.05) is 11.5 Å². The number of aromatic nitrogens is 2. The monoisotopic (exact) mass is 477 g/mol. The minimum Gasteiger partial charge on any atom is -0.507 e. The van der Waals surface area contributed by atoms with E-state index < -0.39 is 17.7 Å². The number of nitrogens with one attached hydrogen (secondary N) is 2. The number of Topliss-reactive ketones (excluding diaryl/α,β-unsaturated/α-hetero) is 1. The molecule has 0 bridgehead atoms. The quantitative estimate of drug-likeness (QED) is 0.172. The van der Waals surface area contributed by atoms with Crippen LogP contribution >= 0.6 is 0 Å². The third-order valence-electron chi connectivity index (χ3n) is 6.61. The molecule has 0 saturated carbocycles. The average Bonchev–Trinajstić information content (AvgIpc) is 3.59. The molecule has 7 nitrogen and oxygen atoms in total. The lowest BCUT2D eigenvalue weighted by atomic mass is 9.94. The van der Waals surface area contributed by atoms with E-state index in [-0.39, 0.29) is 11.3 Å². The third-order valence-corrected chi connectivity index (χ3v) is 6.61. The van der Waals surface area contributed by atoms with Crippen molar-refractivity contribution in [3.63, 3.8) is 0 Å². The molecule has 1 fully saturated rings. The lowest BCUT2D eigenvalue weighted by Crippen LogP contribution is -2.29. The largest absolute Gasteiger partial charge is 0.507 e. The van der Waals surface area contributed by atoms with Crippen LogP contribution in [0.15, 0.2) is 90.8 Å². The van der Waals surface area contributed by atoms with Crippen LogP contribution in [0, 0.1) is 0 Å². The normalized spacial score (nSPS) is 17.4. The molecule has 0 aliphatic carbocycles. The number of hydrogen-bond donors (Lipinski definition) is 3. The standard InChI is InChI=1S/C29H23N3O4/c1-2-36-18-9-7-8-17(14-18)32-26(21-15-30-23-12-5-3-10-19(21)23)25(28(34)29(32)35)27(33)22-16-31-24-13-6-4-11-20(22)24/h3-16,26,30-31,33H,2H2,1H3/b27-25+. The number of amides is 1. The van der Waals surface area contributed by atoms with E-state index in [1.54, 1.807) is 36.7 Å². The Morgan fingerprint density at radius 1 is 0.917 bits per heavy atom. The van der Waals surface area contributed by atoms with Gasteiger partial charge in [-0.15, -0.1) is 0 Å². The molecule has 3 N–H and O–H groups in total. The number of para-hydroxylation sites is 2. The predicted molar refractivity (Wildman–Crippen MR) is 139 cm³/mol. The number of ketones is 1. The van der Waals surface area contributed by atoms with E-state index in [0.29, 0.717) is 29.2 Å². The average molecular weight is 478 g/mol. The number of aliphatic hydroxyl groups is 1. The number of H-pyrrole nitrogens is 2. The van der Waals surface area contributed by atoms with E-state index in [2.05, 4.69) is 9.97 Å². The number of rotatable bonds is 5. The van der Waals surface area contributed by atoms with Crippen LogP contribution in [0.5, 0.6) is 5.75 Å². The van der Waals surface area contributed by atoms with Crippen molar-refractivity contribution in [3.05, 3.63) is 102 Å². The molecule has 3 aromatic carbocycles. The number of carbonyl (C=O) groups is 2. The molecule has 36 heavy (non-hydrogen) atoms. The highest BCUT2D eigenvalue weighted by molar-refractivity contribution is 6.52. The maximum absolute atomic E-state index is 13.6. The molecule has 1 aliphatic heterocycles. The molecule has 178 valence electrons. The van der Waals surface area contributed by atoms with E-state index in [9.17, 15) is 14.7 Å². The second kappa shape index (κ2) is 8.46. The maximum Gasteiger partial charge on any atom is 0.300 e. The number of ether oxygens (including phenoxy) is 1. The Balaban J connectivity index is 1.61. The molecular weight excluding hydrogens is 454 g/mol. The van der Waals surface area contributed by atoms with Gasteiger partial charge >= 0.3 is 0 Å². The summed E-state index contributed by atoms with van der Waals surface area (Å²) in [5.41, 5.74) is 3.42. The first-order chi connectivity index (χ1) is 17.6. The molecule has 0 radical (unpaired) electrons. The minimum atomic E-state index is -0.841. The summed E-state index contributed by atoms with van der Waals surface area (Å²) in [5.74, 6) is -1.08. The van der Waals surface area contributed by atoms with Gasteiger partial charge in [-0.05, 0) is 31.2 Å². The van der Waals surface area contributed by atoms with Crippen LogP contribution in [-0.4, -0.2) is 33.4 Å². The van der Waals surface area contributed by atoms with Crippen LogP contribution in [0.25, 0.3) is 27.6 Å². The fourth-order valence-electron chi connectivity index (χ4n) is 5.02. The van der Waals surface area contributed by atoms with Crippen LogP contribution in [0.2, 0.25) is 0 Å². The molecule has 2 aromatic heterocycles. The Kier molecular flexibility index (Phi) is 5.11. The van der Waals surface area contributed by atoms with Crippen molar-refractivity contribution >= 4 is 44.9 Å². The summed E-state index contributed by atoms with van der Waals surface area (Å²) in [6.07, 6.45) is 3.46.